The van der Waals surface area contributed by atoms with E-state index in [4.69, 9.17) is 5.73 Å². The van der Waals surface area contributed by atoms with E-state index in [0.29, 0.717) is 35.3 Å². The Kier molecular flexibility index (Phi) is 4.64. The zero-order valence-corrected chi connectivity index (χ0v) is 19.2. The van der Waals surface area contributed by atoms with Gasteiger partial charge in [0, 0.05) is 29.7 Å². The number of aliphatic hydroxyl groups is 2. The number of halogens is 1. The van der Waals surface area contributed by atoms with Crippen LogP contribution in [0.3, 0.4) is 0 Å². The molecule has 2 aliphatic rings. The smallest absolute Gasteiger partial charge is 0.262 e. The molecule has 2 fully saturated rings. The van der Waals surface area contributed by atoms with E-state index in [2.05, 4.69) is 36.2 Å². The number of pyridine rings is 1. The Bertz CT molecular complexity index is 1450. The molecule has 10 heteroatoms. The van der Waals surface area contributed by atoms with Gasteiger partial charge in [0.25, 0.3) is 5.56 Å². The van der Waals surface area contributed by atoms with Gasteiger partial charge in [-0.15, -0.1) is 0 Å². The number of aromatic amines is 1. The molecule has 0 bridgehead atoms. The highest BCUT2D eigenvalue weighted by molar-refractivity contribution is 9.10. The number of aliphatic hydroxyl groups excluding tert-OH is 2. The zero-order valence-electron chi connectivity index (χ0n) is 17.6. The average molecular weight is 511 g/mol. The maximum atomic E-state index is 12.0. The second kappa shape index (κ2) is 7.36. The maximum absolute atomic E-state index is 12.0. The molecule has 0 amide bonds. The summed E-state index contributed by atoms with van der Waals surface area (Å²) in [6, 6.07) is 9.34. The lowest BCUT2D eigenvalue weighted by Gasteiger charge is -2.27. The fraction of sp³-hybridized carbons (Fsp3) is 0.348. The minimum Gasteiger partial charge on any atom is -0.390 e. The standard InChI is InChI=1S/C23H23BrN6O3/c24-14-5-11-1-2-12(6-15(11)29-22(14)33)16-7-23(9-26-16)8-17(18(31)19(23)32)30-4-3-13-20(25)27-10-28-21(13)30/h1-6,10,16-19,26,31-32H,7-9H2,(H,29,33)(H2,25,27,28)/t16-,17+,18-,19-,23-/m0/s1. The number of aromatic nitrogens is 4. The molecule has 6 rings (SSSR count). The molecule has 3 aromatic heterocycles. The third kappa shape index (κ3) is 3.12. The van der Waals surface area contributed by atoms with Crippen LogP contribution in [0.15, 0.2) is 52.1 Å². The summed E-state index contributed by atoms with van der Waals surface area (Å²) in [7, 11) is 0. The summed E-state index contributed by atoms with van der Waals surface area (Å²) in [6.07, 6.45) is 2.73. The third-order valence-corrected chi connectivity index (χ3v) is 7.99. The first-order chi connectivity index (χ1) is 15.9. The number of nitrogens with one attached hydrogen (secondary N) is 2. The first-order valence-corrected chi connectivity index (χ1v) is 11.6. The molecule has 4 aromatic rings. The summed E-state index contributed by atoms with van der Waals surface area (Å²) in [5.74, 6) is 0.394. The van der Waals surface area contributed by atoms with Crippen molar-refractivity contribution in [2.24, 2.45) is 5.41 Å². The van der Waals surface area contributed by atoms with E-state index in [1.165, 1.54) is 6.33 Å². The van der Waals surface area contributed by atoms with Crippen molar-refractivity contribution in [3.8, 4) is 0 Å². The van der Waals surface area contributed by atoms with Crippen LogP contribution in [0.4, 0.5) is 5.82 Å². The number of benzene rings is 1. The molecule has 1 aliphatic heterocycles. The molecule has 5 atom stereocenters. The van der Waals surface area contributed by atoms with Crippen molar-refractivity contribution >= 4 is 43.7 Å². The Morgan fingerprint density at radius 2 is 2.03 bits per heavy atom. The number of anilines is 1. The summed E-state index contributed by atoms with van der Waals surface area (Å²) in [6.45, 7) is 0.581. The van der Waals surface area contributed by atoms with Crippen molar-refractivity contribution in [1.29, 1.82) is 0 Å². The summed E-state index contributed by atoms with van der Waals surface area (Å²) in [5.41, 5.74) is 7.78. The fourth-order valence-electron chi connectivity index (χ4n) is 5.65. The molecule has 170 valence electrons. The van der Waals surface area contributed by atoms with Crippen LogP contribution in [0, 0.1) is 5.41 Å². The summed E-state index contributed by atoms with van der Waals surface area (Å²) in [4.78, 5) is 23.3. The highest BCUT2D eigenvalue weighted by Crippen LogP contribution is 2.52. The van der Waals surface area contributed by atoms with Gasteiger partial charge in [0.2, 0.25) is 0 Å². The molecule has 1 spiro atoms. The molecule has 0 unspecified atom stereocenters. The lowest BCUT2D eigenvalue weighted by molar-refractivity contribution is -0.0218. The van der Waals surface area contributed by atoms with E-state index in [1.54, 1.807) is 6.07 Å². The molecule has 1 aliphatic carbocycles. The first-order valence-electron chi connectivity index (χ1n) is 10.9. The molecular weight excluding hydrogens is 488 g/mol. The van der Waals surface area contributed by atoms with Gasteiger partial charge in [-0.1, -0.05) is 12.1 Å². The van der Waals surface area contributed by atoms with Crippen LogP contribution in [0.5, 0.6) is 0 Å². The Morgan fingerprint density at radius 1 is 1.18 bits per heavy atom. The van der Waals surface area contributed by atoms with Crippen molar-refractivity contribution in [3.63, 3.8) is 0 Å². The largest absolute Gasteiger partial charge is 0.390 e. The monoisotopic (exact) mass is 510 g/mol. The minimum absolute atomic E-state index is 0.00141. The number of H-pyrrole nitrogens is 1. The molecule has 6 N–H and O–H groups in total. The van der Waals surface area contributed by atoms with Gasteiger partial charge in [-0.25, -0.2) is 9.97 Å². The van der Waals surface area contributed by atoms with Crippen molar-refractivity contribution in [2.75, 3.05) is 12.3 Å². The molecule has 4 heterocycles. The van der Waals surface area contributed by atoms with Crippen LogP contribution >= 0.6 is 15.9 Å². The average Bonchev–Trinajstić information content (AvgIpc) is 3.48. The zero-order chi connectivity index (χ0) is 22.9. The predicted molar refractivity (Wildman–Crippen MR) is 128 cm³/mol. The van der Waals surface area contributed by atoms with Gasteiger partial charge in [0.15, 0.2) is 0 Å². The molecule has 33 heavy (non-hydrogen) atoms. The van der Waals surface area contributed by atoms with Crippen molar-refractivity contribution in [1.82, 2.24) is 24.8 Å². The van der Waals surface area contributed by atoms with Crippen LogP contribution in [0.1, 0.15) is 30.5 Å². The quantitative estimate of drug-likeness (QED) is 0.277. The molecule has 1 saturated carbocycles. The van der Waals surface area contributed by atoms with E-state index in [1.807, 2.05) is 35.0 Å². The van der Waals surface area contributed by atoms with Crippen LogP contribution in [0.25, 0.3) is 21.9 Å². The second-order valence-corrected chi connectivity index (χ2v) is 10.1. The van der Waals surface area contributed by atoms with Gasteiger partial charge in [-0.3, -0.25) is 4.79 Å². The van der Waals surface area contributed by atoms with Crippen LogP contribution < -0.4 is 16.6 Å². The Hall–Kier alpha value is -2.79. The van der Waals surface area contributed by atoms with Crippen LogP contribution in [0.2, 0.25) is 0 Å². The van der Waals surface area contributed by atoms with Gasteiger partial charge in [0.05, 0.1) is 22.0 Å². The number of nitrogens with two attached hydrogens (primary N) is 1. The molecular formula is C23H23BrN6O3. The highest BCUT2D eigenvalue weighted by atomic mass is 79.9. The number of hydrogen-bond donors (Lipinski definition) is 5. The van der Waals surface area contributed by atoms with Crippen molar-refractivity contribution in [2.45, 2.75) is 37.1 Å². The molecule has 9 nitrogen and oxygen atoms in total. The van der Waals surface area contributed by atoms with Gasteiger partial charge in [-0.05, 0) is 57.9 Å². The number of fused-ring (bicyclic) bond motifs is 2. The SMILES string of the molecule is Nc1ncnc2c1ccn2[C@@H]1C[C@@]2(CN[C@H](c3ccc4cc(Br)c(=O)[nH]c4c3)C2)[C@@H](O)[C@H]1O. The number of nitrogens with zero attached hydrogens (tertiary/aromatic N) is 3. The number of nitrogen functional groups attached to an aromatic ring is 1. The number of rotatable bonds is 2. The highest BCUT2D eigenvalue weighted by Gasteiger charge is 2.56. The summed E-state index contributed by atoms with van der Waals surface area (Å²) >= 11 is 3.27. The van der Waals surface area contributed by atoms with Crippen LogP contribution in [-0.4, -0.2) is 48.5 Å². The Morgan fingerprint density at radius 3 is 2.88 bits per heavy atom. The Labute approximate surface area is 196 Å². The van der Waals surface area contributed by atoms with Gasteiger partial charge in [0.1, 0.15) is 23.9 Å². The normalized spacial score (nSPS) is 29.5. The van der Waals surface area contributed by atoms with Gasteiger partial charge < -0.3 is 30.8 Å². The van der Waals surface area contributed by atoms with E-state index in [9.17, 15) is 15.0 Å². The molecule has 1 saturated heterocycles. The minimum atomic E-state index is -0.928. The van der Waals surface area contributed by atoms with E-state index < -0.39 is 17.6 Å². The van der Waals surface area contributed by atoms with Gasteiger partial charge >= 0.3 is 0 Å². The van der Waals surface area contributed by atoms with Crippen molar-refractivity contribution in [3.05, 3.63) is 63.2 Å². The second-order valence-electron chi connectivity index (χ2n) is 9.22. The Balaban J connectivity index is 1.31. The number of hydrogen-bond acceptors (Lipinski definition) is 7. The van der Waals surface area contributed by atoms with E-state index in [-0.39, 0.29) is 17.6 Å². The lowest BCUT2D eigenvalue weighted by atomic mass is 9.80. The van der Waals surface area contributed by atoms with Gasteiger partial charge in [-0.2, -0.15) is 0 Å². The lowest BCUT2D eigenvalue weighted by Crippen LogP contribution is -2.38. The fourth-order valence-corrected chi connectivity index (χ4v) is 6.00. The first kappa shape index (κ1) is 20.8. The predicted octanol–water partition coefficient (Wildman–Crippen LogP) is 2.01. The molecule has 0 radical (unpaired) electrons. The summed E-state index contributed by atoms with van der Waals surface area (Å²) in [5, 5.41) is 27.4. The topological polar surface area (TPSA) is 142 Å². The molecule has 1 aromatic carbocycles. The van der Waals surface area contributed by atoms with Crippen molar-refractivity contribution < 1.29 is 10.2 Å². The van der Waals surface area contributed by atoms with E-state index >= 15 is 0 Å². The van der Waals surface area contributed by atoms with E-state index in [0.717, 1.165) is 21.9 Å². The van der Waals surface area contributed by atoms with Crippen LogP contribution in [-0.2, 0) is 0 Å². The third-order valence-electron chi connectivity index (χ3n) is 7.40. The summed E-state index contributed by atoms with van der Waals surface area (Å²) < 4.78 is 2.40. The maximum Gasteiger partial charge on any atom is 0.262 e.